The second-order valence-corrected chi connectivity index (χ2v) is 7.27. The number of nitrogens with zero attached hydrogens (tertiary/aromatic N) is 2. The Morgan fingerprint density at radius 1 is 1.40 bits per heavy atom. The Hall–Kier alpha value is -2.64. The third-order valence-electron chi connectivity index (χ3n) is 4.17. The first-order chi connectivity index (χ1) is 11.6. The summed E-state index contributed by atoms with van der Waals surface area (Å²) < 4.78 is 10.5. The Morgan fingerprint density at radius 3 is 2.76 bits per heavy atom. The molecule has 2 aliphatic rings. The van der Waals surface area contributed by atoms with Crippen molar-refractivity contribution in [2.45, 2.75) is 45.4 Å². The van der Waals surface area contributed by atoms with Crippen molar-refractivity contribution in [2.75, 3.05) is 13.1 Å². The van der Waals surface area contributed by atoms with Gasteiger partial charge in [0.2, 0.25) is 6.54 Å². The molecule has 134 valence electrons. The standard InChI is InChI=1S/C17H20N2O6/c1-17(2,3)25-16(21)18-5-4-10-6-12-13(7-11(10)8-18)15(20)24-14(12)9-19(22)23/h6-7,14H,4-5,8-9H2,1-3H3. The molecule has 0 aliphatic carbocycles. The van der Waals surface area contributed by atoms with E-state index in [2.05, 4.69) is 0 Å². The van der Waals surface area contributed by atoms with Crippen LogP contribution in [0.1, 0.15) is 53.9 Å². The van der Waals surface area contributed by atoms with Crippen molar-refractivity contribution in [1.29, 1.82) is 0 Å². The first kappa shape index (κ1) is 17.2. The third-order valence-corrected chi connectivity index (χ3v) is 4.17. The minimum atomic E-state index is -0.841. The van der Waals surface area contributed by atoms with Crippen molar-refractivity contribution >= 4 is 12.1 Å². The molecular weight excluding hydrogens is 328 g/mol. The second-order valence-electron chi connectivity index (χ2n) is 7.27. The number of carbonyl (C=O) groups is 2. The lowest BCUT2D eigenvalue weighted by molar-refractivity contribution is -0.490. The van der Waals surface area contributed by atoms with Crippen LogP contribution in [0, 0.1) is 10.1 Å². The SMILES string of the molecule is CC(C)(C)OC(=O)N1CCc2cc3c(cc2C1)C(=O)OC3C[N+](=O)[O-]. The number of rotatable bonds is 2. The molecule has 0 spiro atoms. The molecule has 1 amide bonds. The number of nitro groups is 1. The van der Waals surface area contributed by atoms with Crippen LogP contribution in [-0.2, 0) is 22.4 Å². The van der Waals surface area contributed by atoms with Crippen LogP contribution in [0.5, 0.6) is 0 Å². The van der Waals surface area contributed by atoms with E-state index in [0.717, 1.165) is 11.1 Å². The van der Waals surface area contributed by atoms with E-state index >= 15 is 0 Å². The Labute approximate surface area is 144 Å². The highest BCUT2D eigenvalue weighted by molar-refractivity contribution is 5.94. The van der Waals surface area contributed by atoms with Crippen LogP contribution in [0.2, 0.25) is 0 Å². The van der Waals surface area contributed by atoms with Crippen molar-refractivity contribution in [3.8, 4) is 0 Å². The molecule has 0 N–H and O–H groups in total. The molecule has 3 rings (SSSR count). The first-order valence-corrected chi connectivity index (χ1v) is 8.10. The number of amides is 1. The number of esters is 1. The number of ether oxygens (including phenoxy) is 2. The summed E-state index contributed by atoms with van der Waals surface area (Å²) in [4.78, 5) is 36.1. The molecule has 2 heterocycles. The van der Waals surface area contributed by atoms with Gasteiger partial charge in [0.05, 0.1) is 5.56 Å². The molecular formula is C17H20N2O6. The summed E-state index contributed by atoms with van der Waals surface area (Å²) in [6.45, 7) is 5.81. The van der Waals surface area contributed by atoms with Gasteiger partial charge in [0.25, 0.3) is 0 Å². The maximum Gasteiger partial charge on any atom is 0.410 e. The van der Waals surface area contributed by atoms with E-state index in [0.29, 0.717) is 30.6 Å². The molecule has 0 bridgehead atoms. The monoisotopic (exact) mass is 348 g/mol. The number of benzene rings is 1. The normalized spacial score (nSPS) is 19.1. The number of fused-ring (bicyclic) bond motifs is 2. The van der Waals surface area contributed by atoms with Gasteiger partial charge in [-0.2, -0.15) is 0 Å². The topological polar surface area (TPSA) is 99.0 Å². The van der Waals surface area contributed by atoms with Crippen molar-refractivity contribution in [3.63, 3.8) is 0 Å². The van der Waals surface area contributed by atoms with Crippen molar-refractivity contribution in [3.05, 3.63) is 44.5 Å². The highest BCUT2D eigenvalue weighted by Crippen LogP contribution is 2.35. The fourth-order valence-electron chi connectivity index (χ4n) is 3.08. The van der Waals surface area contributed by atoms with Crippen LogP contribution in [-0.4, -0.2) is 40.6 Å². The van der Waals surface area contributed by atoms with Crippen LogP contribution in [0.4, 0.5) is 4.79 Å². The smallest absolute Gasteiger partial charge is 0.410 e. The maximum absolute atomic E-state index is 12.2. The molecule has 0 saturated heterocycles. The molecule has 1 atom stereocenters. The molecule has 0 radical (unpaired) electrons. The maximum atomic E-state index is 12.2. The Balaban J connectivity index is 1.83. The lowest BCUT2D eigenvalue weighted by Crippen LogP contribution is -2.40. The van der Waals surface area contributed by atoms with Gasteiger partial charge in [0.15, 0.2) is 6.10 Å². The van der Waals surface area contributed by atoms with E-state index in [9.17, 15) is 19.7 Å². The molecule has 1 unspecified atom stereocenters. The van der Waals surface area contributed by atoms with Gasteiger partial charge in [0, 0.05) is 23.6 Å². The van der Waals surface area contributed by atoms with Gasteiger partial charge >= 0.3 is 12.1 Å². The second kappa shape index (κ2) is 6.02. The summed E-state index contributed by atoms with van der Waals surface area (Å²) in [6, 6.07) is 3.49. The zero-order valence-electron chi connectivity index (χ0n) is 14.4. The average molecular weight is 348 g/mol. The van der Waals surface area contributed by atoms with Gasteiger partial charge in [-0.1, -0.05) is 6.07 Å². The minimum Gasteiger partial charge on any atom is -0.447 e. The molecule has 8 nitrogen and oxygen atoms in total. The zero-order valence-corrected chi connectivity index (χ0v) is 14.4. The number of carbonyl (C=O) groups excluding carboxylic acids is 2. The van der Waals surface area contributed by atoms with E-state index in [1.165, 1.54) is 0 Å². The Kier molecular flexibility index (Phi) is 4.14. The largest absolute Gasteiger partial charge is 0.447 e. The lowest BCUT2D eigenvalue weighted by Gasteiger charge is -2.31. The molecule has 1 aromatic carbocycles. The highest BCUT2D eigenvalue weighted by Gasteiger charge is 2.36. The van der Waals surface area contributed by atoms with Crippen LogP contribution in [0.15, 0.2) is 12.1 Å². The van der Waals surface area contributed by atoms with E-state index in [-0.39, 0.29) is 0 Å². The van der Waals surface area contributed by atoms with Crippen molar-refractivity contribution in [2.24, 2.45) is 0 Å². The molecule has 0 saturated carbocycles. The van der Waals surface area contributed by atoms with Gasteiger partial charge in [-0.25, -0.2) is 9.59 Å². The predicted molar refractivity (Wildman–Crippen MR) is 86.8 cm³/mol. The number of hydrogen-bond donors (Lipinski definition) is 0. The van der Waals surface area contributed by atoms with Gasteiger partial charge < -0.3 is 14.4 Å². The predicted octanol–water partition coefficient (Wildman–Crippen LogP) is 2.47. The number of hydrogen-bond acceptors (Lipinski definition) is 6. The summed E-state index contributed by atoms with van der Waals surface area (Å²) in [5.41, 5.74) is 2.15. The molecule has 25 heavy (non-hydrogen) atoms. The first-order valence-electron chi connectivity index (χ1n) is 8.10. The van der Waals surface area contributed by atoms with E-state index in [4.69, 9.17) is 9.47 Å². The molecule has 1 aromatic rings. The highest BCUT2D eigenvalue weighted by atomic mass is 16.6. The van der Waals surface area contributed by atoms with Crippen LogP contribution in [0.25, 0.3) is 0 Å². The van der Waals surface area contributed by atoms with Gasteiger partial charge in [0.1, 0.15) is 5.60 Å². The van der Waals surface area contributed by atoms with Gasteiger partial charge in [-0.15, -0.1) is 0 Å². The van der Waals surface area contributed by atoms with Gasteiger partial charge in [-0.3, -0.25) is 10.1 Å². The average Bonchev–Trinajstić information content (AvgIpc) is 2.78. The fourth-order valence-corrected chi connectivity index (χ4v) is 3.08. The fraction of sp³-hybridized carbons (Fsp3) is 0.529. The Morgan fingerprint density at radius 2 is 2.12 bits per heavy atom. The Bertz CT molecular complexity index is 752. The molecule has 2 aliphatic heterocycles. The van der Waals surface area contributed by atoms with E-state index < -0.39 is 35.2 Å². The third kappa shape index (κ3) is 3.57. The molecule has 0 fully saturated rings. The van der Waals surface area contributed by atoms with E-state index in [1.807, 2.05) is 0 Å². The number of cyclic esters (lactones) is 1. The molecule has 0 aromatic heterocycles. The summed E-state index contributed by atoms with van der Waals surface area (Å²) in [5.74, 6) is -0.556. The summed E-state index contributed by atoms with van der Waals surface area (Å²) in [6.07, 6.45) is -0.638. The van der Waals surface area contributed by atoms with Crippen LogP contribution < -0.4 is 0 Å². The summed E-state index contributed by atoms with van der Waals surface area (Å²) >= 11 is 0. The minimum absolute atomic E-state index is 0.338. The zero-order chi connectivity index (χ0) is 18.4. The van der Waals surface area contributed by atoms with E-state index in [1.54, 1.807) is 37.8 Å². The summed E-state index contributed by atoms with van der Waals surface area (Å²) in [5, 5.41) is 10.7. The summed E-state index contributed by atoms with van der Waals surface area (Å²) in [7, 11) is 0. The van der Waals surface area contributed by atoms with Crippen LogP contribution >= 0.6 is 0 Å². The van der Waals surface area contributed by atoms with Gasteiger partial charge in [-0.05, 0) is 44.4 Å². The lowest BCUT2D eigenvalue weighted by atomic mass is 9.92. The van der Waals surface area contributed by atoms with Crippen LogP contribution in [0.3, 0.4) is 0 Å². The molecule has 8 heteroatoms. The van der Waals surface area contributed by atoms with Crippen molar-refractivity contribution < 1.29 is 24.0 Å². The quantitative estimate of drug-likeness (QED) is 0.462. The van der Waals surface area contributed by atoms with Crippen molar-refractivity contribution in [1.82, 2.24) is 4.90 Å².